The Bertz CT molecular complexity index is 876. The predicted octanol–water partition coefficient (Wildman–Crippen LogP) is 2.41. The van der Waals surface area contributed by atoms with E-state index in [-0.39, 0.29) is 17.9 Å². The van der Waals surface area contributed by atoms with Crippen molar-refractivity contribution >= 4 is 11.8 Å². The van der Waals surface area contributed by atoms with E-state index in [9.17, 15) is 9.59 Å². The Hall–Kier alpha value is -3.41. The van der Waals surface area contributed by atoms with E-state index < -0.39 is 0 Å². The number of nitrogens with one attached hydrogen (secondary N) is 2. The molecule has 2 N–H and O–H groups in total. The lowest BCUT2D eigenvalue weighted by Gasteiger charge is -2.19. The minimum absolute atomic E-state index is 0.226. The van der Waals surface area contributed by atoms with Gasteiger partial charge in [0.1, 0.15) is 0 Å². The minimum Gasteiger partial charge on any atom is -0.355 e. The number of carbonyl (C=O) groups excluding carboxylic acids is 2. The second-order valence-electron chi connectivity index (χ2n) is 5.82. The average molecular weight is 348 g/mol. The van der Waals surface area contributed by atoms with Crippen LogP contribution >= 0.6 is 0 Å². The highest BCUT2D eigenvalue weighted by molar-refractivity contribution is 5.99. The van der Waals surface area contributed by atoms with Crippen LogP contribution in [0.1, 0.15) is 32.3 Å². The summed E-state index contributed by atoms with van der Waals surface area (Å²) in [5, 5.41) is 9.82. The van der Waals surface area contributed by atoms with Crippen molar-refractivity contribution in [1.82, 2.24) is 20.4 Å². The molecule has 6 heteroatoms. The van der Waals surface area contributed by atoms with Gasteiger partial charge in [0.15, 0.2) is 0 Å². The van der Waals surface area contributed by atoms with E-state index in [1.807, 2.05) is 42.6 Å². The Balaban J connectivity index is 1.82. The van der Waals surface area contributed by atoms with E-state index in [0.29, 0.717) is 17.7 Å². The Morgan fingerprint density at radius 3 is 2.38 bits per heavy atom. The molecular formula is C20H20N4O2. The summed E-state index contributed by atoms with van der Waals surface area (Å²) in [7, 11) is 1.56. The fourth-order valence-electron chi connectivity index (χ4n) is 2.70. The smallest absolute Gasteiger partial charge is 0.251 e. The minimum atomic E-state index is -0.243. The third-order valence-electron chi connectivity index (χ3n) is 4.05. The lowest BCUT2D eigenvalue weighted by atomic mass is 10.1. The first-order chi connectivity index (χ1) is 12.7. The van der Waals surface area contributed by atoms with E-state index >= 15 is 0 Å². The highest BCUT2D eigenvalue weighted by Crippen LogP contribution is 2.16. The summed E-state index contributed by atoms with van der Waals surface area (Å²) in [6, 6.07) is 18.0. The van der Waals surface area contributed by atoms with Crippen LogP contribution in [0.25, 0.3) is 0 Å². The van der Waals surface area contributed by atoms with Gasteiger partial charge in [-0.25, -0.2) is 0 Å². The second kappa shape index (κ2) is 8.11. The summed E-state index contributed by atoms with van der Waals surface area (Å²) in [5.41, 5.74) is 1.87. The number of amides is 2. The number of nitrogens with zero attached hydrogens (tertiary/aromatic N) is 2. The molecule has 3 rings (SSSR count). The molecule has 2 amide bonds. The molecule has 0 aliphatic carbocycles. The van der Waals surface area contributed by atoms with Crippen molar-refractivity contribution in [3.05, 3.63) is 89.7 Å². The van der Waals surface area contributed by atoms with Crippen LogP contribution in [0.3, 0.4) is 0 Å². The maximum absolute atomic E-state index is 12.7. The van der Waals surface area contributed by atoms with Gasteiger partial charge < -0.3 is 10.6 Å². The number of rotatable bonds is 6. The maximum atomic E-state index is 12.7. The molecule has 1 aromatic heterocycles. The van der Waals surface area contributed by atoms with Gasteiger partial charge in [0.2, 0.25) is 0 Å². The molecule has 0 aliphatic heterocycles. The van der Waals surface area contributed by atoms with Crippen LogP contribution in [-0.2, 0) is 6.54 Å². The summed E-state index contributed by atoms with van der Waals surface area (Å²) >= 11 is 0. The third-order valence-corrected chi connectivity index (χ3v) is 4.05. The van der Waals surface area contributed by atoms with E-state index in [0.717, 1.165) is 5.56 Å². The van der Waals surface area contributed by atoms with Gasteiger partial charge in [-0.1, -0.05) is 36.4 Å². The molecule has 1 atom stereocenters. The Kier molecular flexibility index (Phi) is 5.43. The molecule has 2 aromatic carbocycles. The normalized spacial score (nSPS) is 11.6. The van der Waals surface area contributed by atoms with E-state index in [4.69, 9.17) is 0 Å². The zero-order valence-electron chi connectivity index (χ0n) is 14.4. The van der Waals surface area contributed by atoms with Crippen LogP contribution < -0.4 is 10.6 Å². The first-order valence-corrected chi connectivity index (χ1v) is 8.33. The quantitative estimate of drug-likeness (QED) is 0.718. The van der Waals surface area contributed by atoms with Gasteiger partial charge in [0.05, 0.1) is 12.6 Å². The van der Waals surface area contributed by atoms with Crippen LogP contribution in [0.4, 0.5) is 0 Å². The molecule has 1 heterocycles. The van der Waals surface area contributed by atoms with Gasteiger partial charge >= 0.3 is 0 Å². The molecule has 0 saturated carbocycles. The summed E-state index contributed by atoms with van der Waals surface area (Å²) in [6.45, 7) is 0.512. The number of hydrogen-bond donors (Lipinski definition) is 2. The topological polar surface area (TPSA) is 76.0 Å². The summed E-state index contributed by atoms with van der Waals surface area (Å²) in [5.74, 6) is -0.465. The molecule has 0 fully saturated rings. The van der Waals surface area contributed by atoms with Crippen molar-refractivity contribution in [2.45, 2.75) is 12.6 Å². The van der Waals surface area contributed by atoms with Crippen molar-refractivity contribution in [3.8, 4) is 0 Å². The Morgan fingerprint density at radius 2 is 1.73 bits per heavy atom. The molecule has 0 aliphatic rings. The van der Waals surface area contributed by atoms with Crippen molar-refractivity contribution in [2.24, 2.45) is 0 Å². The highest BCUT2D eigenvalue weighted by Gasteiger charge is 2.17. The number of benzene rings is 2. The van der Waals surface area contributed by atoms with Gasteiger partial charge in [-0.15, -0.1) is 0 Å². The molecule has 0 bridgehead atoms. The molecule has 6 nitrogen and oxygen atoms in total. The first kappa shape index (κ1) is 17.4. The van der Waals surface area contributed by atoms with Crippen molar-refractivity contribution < 1.29 is 9.59 Å². The largest absolute Gasteiger partial charge is 0.355 e. The number of carbonyl (C=O) groups is 2. The SMILES string of the molecule is CNC(=O)c1cccc(C(=O)NC(Cn2cccn2)c2ccccc2)c1. The molecule has 0 saturated heterocycles. The van der Waals surface area contributed by atoms with E-state index in [1.165, 1.54) is 0 Å². The van der Waals surface area contributed by atoms with Crippen LogP contribution in [0.5, 0.6) is 0 Å². The molecule has 1 unspecified atom stereocenters. The Morgan fingerprint density at radius 1 is 1.00 bits per heavy atom. The van der Waals surface area contributed by atoms with Crippen LogP contribution in [0.2, 0.25) is 0 Å². The van der Waals surface area contributed by atoms with Gasteiger partial charge in [-0.05, 0) is 29.8 Å². The average Bonchev–Trinajstić information content (AvgIpc) is 3.20. The lowest BCUT2D eigenvalue weighted by molar-refractivity contribution is 0.0932. The summed E-state index contributed by atoms with van der Waals surface area (Å²) in [4.78, 5) is 24.5. The number of hydrogen-bond acceptors (Lipinski definition) is 3. The van der Waals surface area contributed by atoms with E-state index in [2.05, 4.69) is 15.7 Å². The molecular weight excluding hydrogens is 328 g/mol. The van der Waals surface area contributed by atoms with Crippen LogP contribution in [-0.4, -0.2) is 28.6 Å². The maximum Gasteiger partial charge on any atom is 0.251 e. The highest BCUT2D eigenvalue weighted by atomic mass is 16.2. The van der Waals surface area contributed by atoms with Gasteiger partial charge in [-0.2, -0.15) is 5.10 Å². The van der Waals surface area contributed by atoms with Crippen molar-refractivity contribution in [2.75, 3.05) is 7.05 Å². The molecule has 3 aromatic rings. The fraction of sp³-hybridized carbons (Fsp3) is 0.150. The molecule has 132 valence electrons. The molecule has 0 radical (unpaired) electrons. The molecule has 0 spiro atoms. The van der Waals surface area contributed by atoms with Crippen molar-refractivity contribution in [3.63, 3.8) is 0 Å². The summed E-state index contributed by atoms with van der Waals surface area (Å²) < 4.78 is 1.78. The fourth-order valence-corrected chi connectivity index (χ4v) is 2.70. The Labute approximate surface area is 151 Å². The van der Waals surface area contributed by atoms with Gasteiger partial charge in [0, 0.05) is 30.6 Å². The standard InChI is InChI=1S/C20H20N4O2/c1-21-19(25)16-9-5-10-17(13-16)20(26)23-18(14-24-12-6-11-22-24)15-7-3-2-4-8-15/h2-13,18H,14H2,1H3,(H,21,25)(H,23,26). The number of aromatic nitrogens is 2. The van der Waals surface area contributed by atoms with Crippen LogP contribution in [0.15, 0.2) is 73.1 Å². The predicted molar refractivity (Wildman–Crippen MR) is 98.7 cm³/mol. The first-order valence-electron chi connectivity index (χ1n) is 8.33. The molecule has 26 heavy (non-hydrogen) atoms. The van der Waals surface area contributed by atoms with E-state index in [1.54, 1.807) is 42.2 Å². The zero-order chi connectivity index (χ0) is 18.4. The van der Waals surface area contributed by atoms with Gasteiger partial charge in [0.25, 0.3) is 11.8 Å². The summed E-state index contributed by atoms with van der Waals surface area (Å²) in [6.07, 6.45) is 3.56. The third kappa shape index (κ3) is 4.16. The van der Waals surface area contributed by atoms with Gasteiger partial charge in [-0.3, -0.25) is 14.3 Å². The zero-order valence-corrected chi connectivity index (χ0v) is 14.4. The lowest BCUT2D eigenvalue weighted by Crippen LogP contribution is -2.32. The second-order valence-corrected chi connectivity index (χ2v) is 5.82. The monoisotopic (exact) mass is 348 g/mol. The van der Waals surface area contributed by atoms with Crippen molar-refractivity contribution in [1.29, 1.82) is 0 Å². The van der Waals surface area contributed by atoms with Crippen LogP contribution in [0, 0.1) is 0 Å².